The molecule has 4 nitrogen and oxygen atoms in total. The summed E-state index contributed by atoms with van der Waals surface area (Å²) < 4.78 is 6.61. The first-order valence-corrected chi connectivity index (χ1v) is 10.5. The number of hydrogen-bond donors (Lipinski definition) is 0. The Labute approximate surface area is 174 Å². The Balaban J connectivity index is 1.72. The van der Waals surface area contributed by atoms with Crippen molar-refractivity contribution in [2.24, 2.45) is 0 Å². The summed E-state index contributed by atoms with van der Waals surface area (Å²) in [5, 5.41) is 0.707. The molecule has 148 valence electrons. The molecule has 0 fully saturated rings. The van der Waals surface area contributed by atoms with Crippen LogP contribution in [0.2, 0.25) is 0 Å². The summed E-state index contributed by atoms with van der Waals surface area (Å²) >= 11 is 1.54. The number of benzene rings is 2. The van der Waals surface area contributed by atoms with Gasteiger partial charge in [0.1, 0.15) is 5.76 Å². The van der Waals surface area contributed by atoms with Gasteiger partial charge in [0, 0.05) is 0 Å². The first-order valence-electron chi connectivity index (χ1n) is 9.68. The van der Waals surface area contributed by atoms with Gasteiger partial charge in [-0.15, -0.1) is 0 Å². The lowest BCUT2D eigenvalue weighted by molar-refractivity contribution is -0.118. The first-order chi connectivity index (χ1) is 13.9. The molecule has 4 rings (SSSR count). The van der Waals surface area contributed by atoms with Crippen LogP contribution in [0.1, 0.15) is 33.6 Å². The summed E-state index contributed by atoms with van der Waals surface area (Å²) in [4.78, 5) is 20.0. The Bertz CT molecular complexity index is 1150. The Morgan fingerprint density at radius 3 is 2.45 bits per heavy atom. The number of rotatable bonds is 5. The summed E-state index contributed by atoms with van der Waals surface area (Å²) in [6, 6.07) is 14.1. The third-order valence-electron chi connectivity index (χ3n) is 5.20. The lowest BCUT2D eigenvalue weighted by Crippen LogP contribution is -2.32. The maximum atomic E-state index is 13.4. The third-order valence-corrected chi connectivity index (χ3v) is 6.25. The molecule has 0 atom stereocenters. The minimum absolute atomic E-state index is 0.0214. The van der Waals surface area contributed by atoms with Crippen molar-refractivity contribution >= 4 is 32.6 Å². The second-order valence-corrected chi connectivity index (χ2v) is 8.54. The summed E-state index contributed by atoms with van der Waals surface area (Å²) in [6.45, 7) is 8.64. The number of hydrogen-bond acceptors (Lipinski definition) is 4. The zero-order valence-electron chi connectivity index (χ0n) is 17.2. The van der Waals surface area contributed by atoms with Crippen molar-refractivity contribution in [1.29, 1.82) is 0 Å². The van der Waals surface area contributed by atoms with Crippen LogP contribution in [-0.2, 0) is 17.8 Å². The minimum atomic E-state index is 0.0214. The Kier molecular flexibility index (Phi) is 5.24. The monoisotopic (exact) mass is 404 g/mol. The van der Waals surface area contributed by atoms with E-state index in [2.05, 4.69) is 32.9 Å². The molecule has 0 radical (unpaired) electrons. The lowest BCUT2D eigenvalue weighted by atomic mass is 9.97. The normalized spacial score (nSPS) is 11.2. The zero-order chi connectivity index (χ0) is 20.5. The van der Waals surface area contributed by atoms with Crippen LogP contribution >= 0.6 is 11.3 Å². The maximum absolute atomic E-state index is 13.4. The third kappa shape index (κ3) is 3.96. The first kappa shape index (κ1) is 19.4. The lowest BCUT2D eigenvalue weighted by Gasteiger charge is -2.20. The van der Waals surface area contributed by atoms with Gasteiger partial charge in [0.2, 0.25) is 5.91 Å². The molecule has 2 aromatic heterocycles. The van der Waals surface area contributed by atoms with Gasteiger partial charge < -0.3 is 4.42 Å². The van der Waals surface area contributed by atoms with Gasteiger partial charge >= 0.3 is 0 Å². The fourth-order valence-electron chi connectivity index (χ4n) is 3.75. The minimum Gasteiger partial charge on any atom is -0.467 e. The molecule has 2 aromatic carbocycles. The van der Waals surface area contributed by atoms with E-state index in [0.29, 0.717) is 18.1 Å². The molecule has 29 heavy (non-hydrogen) atoms. The summed E-state index contributed by atoms with van der Waals surface area (Å²) in [5.74, 6) is 0.764. The van der Waals surface area contributed by atoms with E-state index in [1.807, 2.05) is 37.3 Å². The van der Waals surface area contributed by atoms with Gasteiger partial charge in [-0.2, -0.15) is 0 Å². The highest BCUT2D eigenvalue weighted by Crippen LogP contribution is 2.32. The average Bonchev–Trinajstić information content (AvgIpc) is 3.32. The van der Waals surface area contributed by atoms with Crippen LogP contribution in [-0.4, -0.2) is 10.9 Å². The topological polar surface area (TPSA) is 46.3 Å². The smallest absolute Gasteiger partial charge is 0.233 e. The van der Waals surface area contributed by atoms with Crippen LogP contribution in [0.25, 0.3) is 10.2 Å². The molecule has 1 amide bonds. The van der Waals surface area contributed by atoms with E-state index < -0.39 is 0 Å². The van der Waals surface area contributed by atoms with Gasteiger partial charge in [-0.3, -0.25) is 9.69 Å². The number of furan rings is 1. The molecule has 0 spiro atoms. The van der Waals surface area contributed by atoms with E-state index in [-0.39, 0.29) is 5.91 Å². The van der Waals surface area contributed by atoms with Gasteiger partial charge in [-0.05, 0) is 68.1 Å². The number of aromatic nitrogens is 1. The van der Waals surface area contributed by atoms with E-state index in [1.54, 1.807) is 22.5 Å². The van der Waals surface area contributed by atoms with E-state index >= 15 is 0 Å². The second kappa shape index (κ2) is 7.84. The molecule has 0 saturated carbocycles. The van der Waals surface area contributed by atoms with Crippen molar-refractivity contribution in [2.75, 3.05) is 4.90 Å². The van der Waals surface area contributed by atoms with E-state index in [0.717, 1.165) is 38.2 Å². The van der Waals surface area contributed by atoms with Crippen molar-refractivity contribution in [3.05, 3.63) is 82.3 Å². The van der Waals surface area contributed by atoms with Crippen LogP contribution < -0.4 is 4.90 Å². The number of anilines is 1. The molecule has 0 bridgehead atoms. The van der Waals surface area contributed by atoms with Crippen molar-refractivity contribution < 1.29 is 9.21 Å². The number of carbonyl (C=O) groups excluding carboxylic acids is 1. The molecule has 0 saturated heterocycles. The largest absolute Gasteiger partial charge is 0.467 e. The van der Waals surface area contributed by atoms with Crippen molar-refractivity contribution in [3.63, 3.8) is 0 Å². The van der Waals surface area contributed by atoms with Crippen LogP contribution in [0.4, 0.5) is 5.13 Å². The Morgan fingerprint density at radius 2 is 1.79 bits per heavy atom. The van der Waals surface area contributed by atoms with E-state index in [4.69, 9.17) is 9.40 Å². The van der Waals surface area contributed by atoms with Crippen LogP contribution in [0.3, 0.4) is 0 Å². The van der Waals surface area contributed by atoms with Crippen LogP contribution in [0, 0.1) is 27.7 Å². The molecule has 0 unspecified atom stereocenters. The molecule has 0 aliphatic carbocycles. The van der Waals surface area contributed by atoms with Crippen LogP contribution in [0.15, 0.2) is 53.1 Å². The number of aryl methyl sites for hydroxylation is 4. The van der Waals surface area contributed by atoms with Gasteiger partial charge in [0.25, 0.3) is 0 Å². The Hall–Kier alpha value is -2.92. The molecule has 2 heterocycles. The molecule has 0 N–H and O–H groups in total. The summed E-state index contributed by atoms with van der Waals surface area (Å²) in [7, 11) is 0. The molecule has 4 aromatic rings. The highest BCUT2D eigenvalue weighted by atomic mass is 32.1. The Morgan fingerprint density at radius 1 is 1.03 bits per heavy atom. The summed E-state index contributed by atoms with van der Waals surface area (Å²) in [5.41, 5.74) is 6.66. The van der Waals surface area contributed by atoms with E-state index in [9.17, 15) is 4.79 Å². The standard InChI is InChI=1S/C24H24N2O2S/c1-15-11-17(3)20(18(4)12-15)13-22(27)26(14-19-8-6-10-28-19)24-25-23-16(2)7-5-9-21(23)29-24/h5-12H,13-14H2,1-4H3. The van der Waals surface area contributed by atoms with Crippen LogP contribution in [0.5, 0.6) is 0 Å². The maximum Gasteiger partial charge on any atom is 0.233 e. The molecular weight excluding hydrogens is 380 g/mol. The highest BCUT2D eigenvalue weighted by molar-refractivity contribution is 7.22. The number of fused-ring (bicyclic) bond motifs is 1. The fourth-order valence-corrected chi connectivity index (χ4v) is 4.81. The molecule has 0 aliphatic heterocycles. The average molecular weight is 405 g/mol. The van der Waals surface area contributed by atoms with E-state index in [1.165, 1.54) is 5.56 Å². The number of nitrogens with zero attached hydrogens (tertiary/aromatic N) is 2. The van der Waals surface area contributed by atoms with Crippen molar-refractivity contribution in [3.8, 4) is 0 Å². The number of thiazole rings is 1. The fraction of sp³-hybridized carbons (Fsp3) is 0.250. The number of amides is 1. The molecule has 5 heteroatoms. The summed E-state index contributed by atoms with van der Waals surface area (Å²) in [6.07, 6.45) is 1.97. The van der Waals surface area contributed by atoms with Gasteiger partial charge in [-0.25, -0.2) is 4.98 Å². The van der Waals surface area contributed by atoms with Crippen molar-refractivity contribution in [1.82, 2.24) is 4.98 Å². The molecule has 0 aliphatic rings. The predicted octanol–water partition coefficient (Wildman–Crippen LogP) is 5.90. The number of para-hydroxylation sites is 1. The van der Waals surface area contributed by atoms with Gasteiger partial charge in [0.05, 0.1) is 29.4 Å². The predicted molar refractivity (Wildman–Crippen MR) is 119 cm³/mol. The highest BCUT2D eigenvalue weighted by Gasteiger charge is 2.23. The van der Waals surface area contributed by atoms with Crippen molar-refractivity contribution in [2.45, 2.75) is 40.7 Å². The molecular formula is C24H24N2O2S. The number of carbonyl (C=O) groups is 1. The van der Waals surface area contributed by atoms with Gasteiger partial charge in [-0.1, -0.05) is 41.2 Å². The second-order valence-electron chi connectivity index (χ2n) is 7.53. The zero-order valence-corrected chi connectivity index (χ0v) is 18.0. The SMILES string of the molecule is Cc1cc(C)c(CC(=O)N(Cc2ccco2)c2nc3c(C)cccc3s2)c(C)c1. The van der Waals surface area contributed by atoms with Gasteiger partial charge in [0.15, 0.2) is 5.13 Å². The quantitative estimate of drug-likeness (QED) is 0.416.